The maximum atomic E-state index is 5.13. The molecule has 0 spiro atoms. The molecule has 64 heavy (non-hydrogen) atoms. The maximum absolute atomic E-state index is 5.13. The molecule has 0 N–H and O–H groups in total. The van der Waals surface area contributed by atoms with Crippen LogP contribution in [0.1, 0.15) is 152 Å². The van der Waals surface area contributed by atoms with Gasteiger partial charge < -0.3 is 0 Å². The Morgan fingerprint density at radius 3 is 1.31 bits per heavy atom. The molecule has 0 amide bonds. The first-order valence-electron chi connectivity index (χ1n) is 24.8. The van der Waals surface area contributed by atoms with Gasteiger partial charge in [-0.1, -0.05) is 201 Å². The molecule has 2 atom stereocenters. The average Bonchev–Trinajstić information content (AvgIpc) is 3.35. The van der Waals surface area contributed by atoms with E-state index in [0.29, 0.717) is 29.3 Å². The third-order valence-electron chi connectivity index (χ3n) is 13.5. The van der Waals surface area contributed by atoms with Crippen LogP contribution in [0.15, 0.2) is 134 Å². The van der Waals surface area contributed by atoms with Gasteiger partial charge in [0, 0.05) is 28.5 Å². The molecule has 328 valence electrons. The number of hydrogen-bond donors (Lipinski definition) is 0. The number of aryl methyl sites for hydroxylation is 2. The zero-order valence-electron chi connectivity index (χ0n) is 39.0. The first-order valence-corrected chi connectivity index (χ1v) is 24.8. The topological polar surface area (TPSA) is 51.6 Å². The molecule has 0 aliphatic heterocycles. The Bertz CT molecular complexity index is 2470. The molecular weight excluding hydrogens is 777 g/mol. The number of nitrogens with zero attached hydrogens (tertiary/aromatic N) is 4. The van der Waals surface area contributed by atoms with Gasteiger partial charge in [0.2, 0.25) is 0 Å². The second-order valence-electron chi connectivity index (χ2n) is 18.2. The molecule has 2 heterocycles. The van der Waals surface area contributed by atoms with Gasteiger partial charge in [0.1, 0.15) is 0 Å². The van der Waals surface area contributed by atoms with Gasteiger partial charge >= 0.3 is 0 Å². The summed E-state index contributed by atoms with van der Waals surface area (Å²) in [5.74, 6) is 2.96. The number of aromatic nitrogens is 4. The van der Waals surface area contributed by atoms with Crippen molar-refractivity contribution < 1.29 is 0 Å². The largest absolute Gasteiger partial charge is 0.255 e. The normalized spacial score (nSPS) is 14.3. The Morgan fingerprint density at radius 1 is 0.375 bits per heavy atom. The van der Waals surface area contributed by atoms with Crippen LogP contribution in [-0.2, 0) is 12.8 Å². The summed E-state index contributed by atoms with van der Waals surface area (Å²) in [5.41, 5.74) is 16.1. The monoisotopic (exact) mass is 845 g/mol. The third kappa shape index (κ3) is 10.8. The molecule has 8 rings (SSSR count). The van der Waals surface area contributed by atoms with Gasteiger partial charge in [0.05, 0.1) is 5.69 Å². The fourth-order valence-electron chi connectivity index (χ4n) is 9.81. The van der Waals surface area contributed by atoms with Gasteiger partial charge in [-0.3, -0.25) is 4.98 Å². The summed E-state index contributed by atoms with van der Waals surface area (Å²) in [6.07, 6.45) is 21.5. The molecule has 2 aromatic heterocycles. The van der Waals surface area contributed by atoms with Crippen molar-refractivity contribution in [2.75, 3.05) is 0 Å². The lowest BCUT2D eigenvalue weighted by Crippen LogP contribution is -2.19. The summed E-state index contributed by atoms with van der Waals surface area (Å²) in [7, 11) is 0. The Balaban J connectivity index is 1.12. The lowest BCUT2D eigenvalue weighted by atomic mass is 9.67. The second-order valence-corrected chi connectivity index (χ2v) is 18.2. The summed E-state index contributed by atoms with van der Waals surface area (Å²) in [6, 6.07) is 47.2. The van der Waals surface area contributed by atoms with E-state index < -0.39 is 0 Å². The van der Waals surface area contributed by atoms with E-state index in [2.05, 4.69) is 155 Å². The highest BCUT2D eigenvalue weighted by molar-refractivity contribution is 5.81. The molecule has 5 aromatic carbocycles. The van der Waals surface area contributed by atoms with Crippen LogP contribution in [0.2, 0.25) is 0 Å². The smallest absolute Gasteiger partial charge is 0.165 e. The standard InChI is InChI=1S/C60H68N4/c1-5-9-13-16-20-43-26-30-46(31-27-43)58-62-59(47-32-28-44(29-33-47)21-17-14-10-6-2)64-60(63-58)50-36-39-57(61-42-50)49-35-38-54-53-37-34-48(45-22-18-15-19-23-45)40-55(53)51(24-11-7-3)52(25-12-8-4)56(54)41-49/h15,18-19,22-23,26-42,51-52H,5-14,16-17,20-21,24-25H2,1-4H3. The van der Waals surface area contributed by atoms with E-state index in [1.54, 1.807) is 0 Å². The van der Waals surface area contributed by atoms with E-state index in [4.69, 9.17) is 19.9 Å². The van der Waals surface area contributed by atoms with E-state index >= 15 is 0 Å². The van der Waals surface area contributed by atoms with Crippen LogP contribution in [-0.4, -0.2) is 19.9 Å². The summed E-state index contributed by atoms with van der Waals surface area (Å²) in [4.78, 5) is 20.4. The summed E-state index contributed by atoms with van der Waals surface area (Å²) in [6.45, 7) is 9.18. The highest BCUT2D eigenvalue weighted by atomic mass is 15.0. The van der Waals surface area contributed by atoms with Gasteiger partial charge in [0.15, 0.2) is 17.5 Å². The van der Waals surface area contributed by atoms with E-state index in [1.807, 2.05) is 6.20 Å². The molecule has 4 heteroatoms. The number of benzene rings is 5. The molecule has 0 fully saturated rings. The van der Waals surface area contributed by atoms with E-state index in [1.165, 1.54) is 134 Å². The molecule has 0 radical (unpaired) electrons. The minimum Gasteiger partial charge on any atom is -0.255 e. The highest BCUT2D eigenvalue weighted by Gasteiger charge is 2.33. The Labute approximate surface area is 384 Å². The summed E-state index contributed by atoms with van der Waals surface area (Å²) < 4.78 is 0. The Morgan fingerprint density at radius 2 is 0.828 bits per heavy atom. The van der Waals surface area contributed by atoms with Gasteiger partial charge in [-0.15, -0.1) is 0 Å². The molecule has 4 nitrogen and oxygen atoms in total. The van der Waals surface area contributed by atoms with Crippen molar-refractivity contribution >= 4 is 0 Å². The Hall–Kier alpha value is -5.74. The number of rotatable bonds is 21. The number of hydrogen-bond acceptors (Lipinski definition) is 4. The van der Waals surface area contributed by atoms with Crippen molar-refractivity contribution in [3.63, 3.8) is 0 Å². The van der Waals surface area contributed by atoms with Crippen molar-refractivity contribution in [2.24, 2.45) is 0 Å². The average molecular weight is 845 g/mol. The zero-order valence-corrected chi connectivity index (χ0v) is 39.0. The van der Waals surface area contributed by atoms with Crippen LogP contribution in [0.3, 0.4) is 0 Å². The summed E-state index contributed by atoms with van der Waals surface area (Å²) >= 11 is 0. The van der Waals surface area contributed by atoms with Crippen LogP contribution >= 0.6 is 0 Å². The predicted octanol–water partition coefficient (Wildman–Crippen LogP) is 17.1. The molecule has 0 bridgehead atoms. The Kier molecular flexibility index (Phi) is 15.6. The number of unbranched alkanes of at least 4 members (excludes halogenated alkanes) is 8. The SMILES string of the molecule is CCCCCCc1ccc(-c2nc(-c3ccc(CCCCCC)cc3)nc(-c3ccc(-c4ccc5c(c4)C(CCCC)C(CCCC)c4cc(-c6ccccc6)ccc4-5)nc3)n2)cc1. The minimum atomic E-state index is 0.464. The van der Waals surface area contributed by atoms with E-state index in [9.17, 15) is 0 Å². The van der Waals surface area contributed by atoms with Crippen LogP contribution < -0.4 is 0 Å². The second kappa shape index (κ2) is 22.2. The van der Waals surface area contributed by atoms with Gasteiger partial charge in [-0.05, 0) is 113 Å². The lowest BCUT2D eigenvalue weighted by Gasteiger charge is -2.37. The quantitative estimate of drug-likeness (QED) is 0.0676. The van der Waals surface area contributed by atoms with Crippen molar-refractivity contribution in [1.82, 2.24) is 19.9 Å². The predicted molar refractivity (Wildman–Crippen MR) is 270 cm³/mol. The minimum absolute atomic E-state index is 0.464. The van der Waals surface area contributed by atoms with E-state index in [-0.39, 0.29) is 0 Å². The first-order chi connectivity index (χ1) is 31.6. The molecular formula is C60H68N4. The van der Waals surface area contributed by atoms with Crippen LogP contribution in [0.5, 0.6) is 0 Å². The van der Waals surface area contributed by atoms with Crippen LogP contribution in [0, 0.1) is 0 Å². The molecule has 1 aliphatic rings. The van der Waals surface area contributed by atoms with Crippen LogP contribution in [0.25, 0.3) is 67.7 Å². The van der Waals surface area contributed by atoms with E-state index in [0.717, 1.165) is 40.8 Å². The van der Waals surface area contributed by atoms with Gasteiger partial charge in [0.25, 0.3) is 0 Å². The fourth-order valence-corrected chi connectivity index (χ4v) is 9.81. The summed E-state index contributed by atoms with van der Waals surface area (Å²) in [5, 5.41) is 0. The number of pyridine rings is 1. The molecule has 0 saturated carbocycles. The zero-order chi connectivity index (χ0) is 44.1. The fraction of sp³-hybridized carbons (Fsp3) is 0.367. The lowest BCUT2D eigenvalue weighted by molar-refractivity contribution is 0.446. The first kappa shape index (κ1) is 44.9. The third-order valence-corrected chi connectivity index (χ3v) is 13.5. The molecule has 1 aliphatic carbocycles. The highest BCUT2D eigenvalue weighted by Crippen LogP contribution is 2.52. The maximum Gasteiger partial charge on any atom is 0.165 e. The van der Waals surface area contributed by atoms with Crippen molar-refractivity contribution in [2.45, 2.75) is 142 Å². The van der Waals surface area contributed by atoms with Crippen molar-refractivity contribution in [3.8, 4) is 67.7 Å². The van der Waals surface area contributed by atoms with Crippen molar-refractivity contribution in [3.05, 3.63) is 156 Å². The van der Waals surface area contributed by atoms with Crippen molar-refractivity contribution in [1.29, 1.82) is 0 Å². The molecule has 2 unspecified atom stereocenters. The molecule has 0 saturated heterocycles. The number of fused-ring (bicyclic) bond motifs is 3. The van der Waals surface area contributed by atoms with Crippen LogP contribution in [0.4, 0.5) is 0 Å². The molecule has 7 aromatic rings. The van der Waals surface area contributed by atoms with Gasteiger partial charge in [-0.2, -0.15) is 0 Å². The van der Waals surface area contributed by atoms with Gasteiger partial charge in [-0.25, -0.2) is 15.0 Å².